The van der Waals surface area contributed by atoms with Gasteiger partial charge in [0.05, 0.1) is 5.69 Å². The number of morpholine rings is 1. The van der Waals surface area contributed by atoms with Crippen molar-refractivity contribution >= 4 is 11.9 Å². The van der Waals surface area contributed by atoms with Gasteiger partial charge >= 0.3 is 5.97 Å². The largest absolute Gasteiger partial charge is 0.479 e. The number of carboxylic acids is 1. The number of carboxylic acid groups (broad SMARTS) is 1. The van der Waals surface area contributed by atoms with Gasteiger partial charge in [0.2, 0.25) is 5.91 Å². The summed E-state index contributed by atoms with van der Waals surface area (Å²) in [4.78, 5) is 24.3. The molecule has 2 rings (SSSR count). The Labute approximate surface area is 104 Å². The molecule has 0 spiro atoms. The number of amides is 1. The van der Waals surface area contributed by atoms with Crippen LogP contribution in [0.2, 0.25) is 0 Å². The van der Waals surface area contributed by atoms with E-state index in [1.807, 2.05) is 6.92 Å². The molecule has 7 heteroatoms. The summed E-state index contributed by atoms with van der Waals surface area (Å²) < 4.78 is 6.79. The molecule has 1 fully saturated rings. The quantitative estimate of drug-likeness (QED) is 0.812. The van der Waals surface area contributed by atoms with Crippen LogP contribution in [-0.2, 0) is 20.9 Å². The Balaban J connectivity index is 2.41. The van der Waals surface area contributed by atoms with Crippen LogP contribution in [0.3, 0.4) is 0 Å². The van der Waals surface area contributed by atoms with Gasteiger partial charge in [0, 0.05) is 19.8 Å². The first-order valence-electron chi connectivity index (χ1n) is 5.68. The molecule has 2 atom stereocenters. The fraction of sp³-hybridized carbons (Fsp3) is 0.545. The molecule has 98 valence electrons. The molecule has 1 saturated heterocycles. The van der Waals surface area contributed by atoms with E-state index in [9.17, 15) is 14.7 Å². The number of likely N-dealkylation sites (N-methyl/N-ethyl adjacent to an activating group) is 1. The molecule has 1 N–H and O–H groups in total. The predicted molar refractivity (Wildman–Crippen MR) is 60.8 cm³/mol. The third-order valence-corrected chi connectivity index (χ3v) is 3.08. The number of rotatable bonds is 3. The Morgan fingerprint density at radius 2 is 2.39 bits per heavy atom. The second-order valence-electron chi connectivity index (χ2n) is 4.09. The second-order valence-corrected chi connectivity index (χ2v) is 4.09. The molecule has 2 unspecified atom stereocenters. The lowest BCUT2D eigenvalue weighted by Gasteiger charge is -2.36. The average Bonchev–Trinajstić information content (AvgIpc) is 2.79. The number of ether oxygens (including phenoxy) is 1. The van der Waals surface area contributed by atoms with Crippen LogP contribution in [0.1, 0.15) is 18.7 Å². The number of aliphatic carboxylic acids is 1. The number of aryl methyl sites for hydroxylation is 1. The minimum absolute atomic E-state index is 0.204. The molecular weight excluding hydrogens is 238 g/mol. The van der Waals surface area contributed by atoms with Gasteiger partial charge < -0.3 is 14.7 Å². The molecule has 1 amide bonds. The Morgan fingerprint density at radius 3 is 3.00 bits per heavy atom. The van der Waals surface area contributed by atoms with E-state index in [-0.39, 0.29) is 12.5 Å². The lowest BCUT2D eigenvalue weighted by molar-refractivity contribution is -0.171. The summed E-state index contributed by atoms with van der Waals surface area (Å²) in [5.41, 5.74) is 0.667. The highest BCUT2D eigenvalue weighted by Crippen LogP contribution is 2.28. The number of hydrogen-bond donors (Lipinski definition) is 1. The number of hydrogen-bond acceptors (Lipinski definition) is 4. The first kappa shape index (κ1) is 12.6. The van der Waals surface area contributed by atoms with Crippen molar-refractivity contribution in [2.75, 3.05) is 13.7 Å². The zero-order valence-corrected chi connectivity index (χ0v) is 10.2. The molecule has 0 aliphatic carbocycles. The maximum Gasteiger partial charge on any atom is 0.335 e. The van der Waals surface area contributed by atoms with Crippen molar-refractivity contribution in [3.63, 3.8) is 0 Å². The van der Waals surface area contributed by atoms with Crippen LogP contribution in [0, 0.1) is 0 Å². The second kappa shape index (κ2) is 4.77. The van der Waals surface area contributed by atoms with Crippen molar-refractivity contribution in [1.29, 1.82) is 0 Å². The summed E-state index contributed by atoms with van der Waals surface area (Å²) in [5, 5.41) is 13.3. The third kappa shape index (κ3) is 1.97. The molecular formula is C11H15N3O4. The molecule has 1 aromatic rings. The van der Waals surface area contributed by atoms with Crippen molar-refractivity contribution in [1.82, 2.24) is 14.7 Å². The molecule has 18 heavy (non-hydrogen) atoms. The molecule has 2 heterocycles. The SMILES string of the molecule is CCn1nccc1C1C(C(=O)O)OCC(=O)N1C. The highest BCUT2D eigenvalue weighted by Gasteiger charge is 2.41. The summed E-state index contributed by atoms with van der Waals surface area (Å²) in [5.74, 6) is -1.32. The van der Waals surface area contributed by atoms with E-state index in [4.69, 9.17) is 4.74 Å². The van der Waals surface area contributed by atoms with Gasteiger partial charge in [0.1, 0.15) is 12.6 Å². The topological polar surface area (TPSA) is 84.7 Å². The van der Waals surface area contributed by atoms with Crippen LogP contribution in [0.5, 0.6) is 0 Å². The van der Waals surface area contributed by atoms with Crippen LogP contribution in [0.15, 0.2) is 12.3 Å². The predicted octanol–water partition coefficient (Wildman–Crippen LogP) is -0.114. The standard InChI is InChI=1S/C11H15N3O4/c1-3-14-7(4-5-12-14)9-10(11(16)17)18-6-8(15)13(9)2/h4-5,9-10H,3,6H2,1-2H3,(H,16,17). The van der Waals surface area contributed by atoms with Crippen molar-refractivity contribution in [2.45, 2.75) is 25.6 Å². The highest BCUT2D eigenvalue weighted by atomic mass is 16.5. The number of carbonyl (C=O) groups excluding carboxylic acids is 1. The summed E-state index contributed by atoms with van der Waals surface area (Å²) in [7, 11) is 1.58. The van der Waals surface area contributed by atoms with E-state index >= 15 is 0 Å². The molecule has 0 saturated carbocycles. The van der Waals surface area contributed by atoms with Crippen molar-refractivity contribution in [2.24, 2.45) is 0 Å². The highest BCUT2D eigenvalue weighted by molar-refractivity contribution is 5.82. The summed E-state index contributed by atoms with van der Waals surface area (Å²) in [6, 6.07) is 1.06. The zero-order chi connectivity index (χ0) is 13.3. The molecule has 1 aliphatic rings. The van der Waals surface area contributed by atoms with Crippen molar-refractivity contribution in [3.05, 3.63) is 18.0 Å². The fourth-order valence-electron chi connectivity index (χ4n) is 2.13. The normalized spacial score (nSPS) is 24.3. The van der Waals surface area contributed by atoms with Crippen LogP contribution in [-0.4, -0.2) is 51.4 Å². The minimum Gasteiger partial charge on any atom is -0.479 e. The lowest BCUT2D eigenvalue weighted by atomic mass is 10.0. The van der Waals surface area contributed by atoms with Crippen LogP contribution in [0.25, 0.3) is 0 Å². The maximum absolute atomic E-state index is 11.6. The third-order valence-electron chi connectivity index (χ3n) is 3.08. The molecule has 0 bridgehead atoms. The van der Waals surface area contributed by atoms with E-state index in [2.05, 4.69) is 5.10 Å². The number of carbonyl (C=O) groups is 2. The van der Waals surface area contributed by atoms with Gasteiger partial charge in [-0.3, -0.25) is 9.48 Å². The molecule has 7 nitrogen and oxygen atoms in total. The minimum atomic E-state index is -1.08. The van der Waals surface area contributed by atoms with Crippen molar-refractivity contribution in [3.8, 4) is 0 Å². The van der Waals surface area contributed by atoms with E-state index in [0.29, 0.717) is 12.2 Å². The van der Waals surface area contributed by atoms with Gasteiger partial charge in [-0.1, -0.05) is 0 Å². The average molecular weight is 253 g/mol. The Morgan fingerprint density at radius 1 is 1.67 bits per heavy atom. The van der Waals surface area contributed by atoms with E-state index in [0.717, 1.165) is 0 Å². The van der Waals surface area contributed by atoms with Crippen LogP contribution >= 0.6 is 0 Å². The smallest absolute Gasteiger partial charge is 0.335 e. The van der Waals surface area contributed by atoms with Gasteiger partial charge in [-0.25, -0.2) is 4.79 Å². The Bertz CT molecular complexity index is 471. The molecule has 1 aliphatic heterocycles. The summed E-state index contributed by atoms with van der Waals surface area (Å²) in [6.07, 6.45) is 0.527. The Hall–Kier alpha value is -1.89. The number of aromatic nitrogens is 2. The first-order chi connectivity index (χ1) is 8.56. The molecule has 0 radical (unpaired) electrons. The summed E-state index contributed by atoms with van der Waals surface area (Å²) in [6.45, 7) is 2.30. The fourth-order valence-corrected chi connectivity index (χ4v) is 2.13. The molecule has 1 aromatic heterocycles. The van der Waals surface area contributed by atoms with E-state index < -0.39 is 18.1 Å². The lowest BCUT2D eigenvalue weighted by Crippen LogP contribution is -2.50. The van der Waals surface area contributed by atoms with Gasteiger partial charge in [-0.2, -0.15) is 5.10 Å². The van der Waals surface area contributed by atoms with Gasteiger partial charge in [-0.05, 0) is 13.0 Å². The van der Waals surface area contributed by atoms with Gasteiger partial charge in [-0.15, -0.1) is 0 Å². The molecule has 0 aromatic carbocycles. The van der Waals surface area contributed by atoms with Crippen molar-refractivity contribution < 1.29 is 19.4 Å². The zero-order valence-electron chi connectivity index (χ0n) is 10.2. The van der Waals surface area contributed by atoms with Gasteiger partial charge in [0.15, 0.2) is 6.10 Å². The Kier molecular flexibility index (Phi) is 3.33. The van der Waals surface area contributed by atoms with Crippen LogP contribution < -0.4 is 0 Å². The van der Waals surface area contributed by atoms with E-state index in [1.54, 1.807) is 24.0 Å². The summed E-state index contributed by atoms with van der Waals surface area (Å²) >= 11 is 0. The van der Waals surface area contributed by atoms with Crippen LogP contribution in [0.4, 0.5) is 0 Å². The number of nitrogens with zero attached hydrogens (tertiary/aromatic N) is 3. The monoisotopic (exact) mass is 253 g/mol. The first-order valence-corrected chi connectivity index (χ1v) is 5.68. The van der Waals surface area contributed by atoms with E-state index in [1.165, 1.54) is 4.90 Å². The van der Waals surface area contributed by atoms with Gasteiger partial charge in [0.25, 0.3) is 0 Å². The maximum atomic E-state index is 11.6.